The van der Waals surface area contributed by atoms with Gasteiger partial charge in [-0.1, -0.05) is 103 Å². The molecule has 0 radical (unpaired) electrons. The van der Waals surface area contributed by atoms with E-state index in [2.05, 4.69) is 151 Å². The van der Waals surface area contributed by atoms with Gasteiger partial charge in [0, 0.05) is 34.3 Å². The molecule has 0 aliphatic carbocycles. The molecule has 0 fully saturated rings. The van der Waals surface area contributed by atoms with Crippen LogP contribution >= 0.6 is 0 Å². The van der Waals surface area contributed by atoms with E-state index in [0.717, 1.165) is 56.2 Å². The van der Waals surface area contributed by atoms with Gasteiger partial charge in [0.25, 0.3) is 0 Å². The van der Waals surface area contributed by atoms with Crippen LogP contribution in [-0.4, -0.2) is 14.4 Å². The van der Waals surface area contributed by atoms with Gasteiger partial charge in [-0.25, -0.2) is 4.98 Å². The summed E-state index contributed by atoms with van der Waals surface area (Å²) in [4.78, 5) is 9.81. The first kappa shape index (κ1) is 26.8. The quantitative estimate of drug-likeness (QED) is 0.204. The molecule has 0 aliphatic heterocycles. The lowest BCUT2D eigenvalue weighted by Crippen LogP contribution is -1.92. The van der Waals surface area contributed by atoms with Crippen LogP contribution in [0.25, 0.3) is 72.3 Å². The minimum absolute atomic E-state index is 0.935. The van der Waals surface area contributed by atoms with Crippen molar-refractivity contribution in [2.24, 2.45) is 0 Å². The molecule has 5 aromatic carbocycles. The summed E-state index contributed by atoms with van der Waals surface area (Å²) in [6, 6.07) is 52.0. The molecule has 0 bridgehead atoms. The van der Waals surface area contributed by atoms with E-state index >= 15 is 0 Å². The monoisotopic (exact) mass is 577 g/mol. The molecule has 0 saturated carbocycles. The third kappa shape index (κ3) is 4.99. The van der Waals surface area contributed by atoms with Crippen molar-refractivity contribution in [2.75, 3.05) is 0 Å². The molecule has 3 nitrogen and oxygen atoms in total. The van der Waals surface area contributed by atoms with Crippen molar-refractivity contribution in [3.05, 3.63) is 163 Å². The zero-order valence-electron chi connectivity index (χ0n) is 25.3. The Morgan fingerprint density at radius 2 is 1.11 bits per heavy atom. The van der Waals surface area contributed by atoms with Crippen LogP contribution in [0, 0.1) is 13.8 Å². The Morgan fingerprint density at radius 1 is 0.444 bits per heavy atom. The van der Waals surface area contributed by atoms with E-state index in [4.69, 9.17) is 9.97 Å². The largest absolute Gasteiger partial charge is 0.299 e. The predicted molar refractivity (Wildman–Crippen MR) is 187 cm³/mol. The van der Waals surface area contributed by atoms with E-state index in [1.165, 1.54) is 27.5 Å². The Bertz CT molecular complexity index is 2330. The van der Waals surface area contributed by atoms with Crippen LogP contribution in [-0.2, 0) is 0 Å². The Kier molecular flexibility index (Phi) is 6.57. The first-order valence-corrected chi connectivity index (χ1v) is 15.3. The molecule has 0 atom stereocenters. The third-order valence-electron chi connectivity index (χ3n) is 8.62. The molecule has 45 heavy (non-hydrogen) atoms. The lowest BCUT2D eigenvalue weighted by Gasteiger charge is -2.14. The number of hydrogen-bond donors (Lipinski definition) is 0. The van der Waals surface area contributed by atoms with E-state index in [1.807, 2.05) is 19.1 Å². The number of hydrogen-bond acceptors (Lipinski definition) is 2. The van der Waals surface area contributed by atoms with Gasteiger partial charge >= 0.3 is 0 Å². The summed E-state index contributed by atoms with van der Waals surface area (Å²) < 4.78 is 2.18. The lowest BCUT2D eigenvalue weighted by molar-refractivity contribution is 1.13. The maximum atomic E-state index is 5.02. The SMILES string of the molecule is Cc1ccc(-c2cc(-c3ccc(-c4c(-c5ccccc5)nc5ccccn45)cc3)cc(-c3ccc4ccccc4c3)c2)c(C)n1. The van der Waals surface area contributed by atoms with E-state index in [1.54, 1.807) is 0 Å². The molecule has 8 aromatic rings. The number of imidazole rings is 1. The topological polar surface area (TPSA) is 30.2 Å². The van der Waals surface area contributed by atoms with Gasteiger partial charge in [0.2, 0.25) is 0 Å². The number of aryl methyl sites for hydroxylation is 2. The highest BCUT2D eigenvalue weighted by atomic mass is 15.0. The molecule has 0 aliphatic rings. The fourth-order valence-corrected chi connectivity index (χ4v) is 6.37. The Morgan fingerprint density at radius 3 is 1.91 bits per heavy atom. The van der Waals surface area contributed by atoms with Gasteiger partial charge in [-0.05, 0) is 94.9 Å². The molecule has 3 aromatic heterocycles. The Hall–Kier alpha value is -5.80. The normalized spacial score (nSPS) is 11.3. The average Bonchev–Trinajstić information content (AvgIpc) is 3.48. The van der Waals surface area contributed by atoms with Crippen molar-refractivity contribution < 1.29 is 0 Å². The van der Waals surface area contributed by atoms with Gasteiger partial charge in [-0.15, -0.1) is 0 Å². The number of pyridine rings is 2. The first-order valence-electron chi connectivity index (χ1n) is 15.3. The predicted octanol–water partition coefficient (Wildman–Crippen LogP) is 10.8. The van der Waals surface area contributed by atoms with Crippen molar-refractivity contribution >= 4 is 16.4 Å². The Balaban J connectivity index is 1.27. The molecule has 8 rings (SSSR count). The van der Waals surface area contributed by atoms with Gasteiger partial charge in [0.1, 0.15) is 5.65 Å². The summed E-state index contributed by atoms with van der Waals surface area (Å²) >= 11 is 0. The maximum Gasteiger partial charge on any atom is 0.137 e. The number of benzene rings is 5. The molecule has 0 N–H and O–H groups in total. The van der Waals surface area contributed by atoms with Crippen LogP contribution in [0.4, 0.5) is 0 Å². The van der Waals surface area contributed by atoms with Crippen molar-refractivity contribution in [3.8, 4) is 55.9 Å². The van der Waals surface area contributed by atoms with Crippen LogP contribution in [0.3, 0.4) is 0 Å². The van der Waals surface area contributed by atoms with Gasteiger partial charge in [0.15, 0.2) is 0 Å². The van der Waals surface area contributed by atoms with Gasteiger partial charge in [-0.3, -0.25) is 9.38 Å². The van der Waals surface area contributed by atoms with Crippen LogP contribution in [0.1, 0.15) is 11.4 Å². The van der Waals surface area contributed by atoms with E-state index in [9.17, 15) is 0 Å². The second kappa shape index (κ2) is 11.0. The molecular formula is C42H31N3. The summed E-state index contributed by atoms with van der Waals surface area (Å²) in [5.41, 5.74) is 14.3. The molecule has 3 heterocycles. The van der Waals surface area contributed by atoms with Crippen molar-refractivity contribution in [1.29, 1.82) is 0 Å². The zero-order chi connectivity index (χ0) is 30.3. The molecule has 0 saturated heterocycles. The van der Waals surface area contributed by atoms with Crippen molar-refractivity contribution in [1.82, 2.24) is 14.4 Å². The molecule has 0 spiro atoms. The molecule has 0 unspecified atom stereocenters. The minimum atomic E-state index is 0.935. The zero-order valence-corrected chi connectivity index (χ0v) is 25.3. The van der Waals surface area contributed by atoms with Crippen molar-refractivity contribution in [2.45, 2.75) is 13.8 Å². The highest BCUT2D eigenvalue weighted by molar-refractivity contribution is 5.90. The highest BCUT2D eigenvalue weighted by Gasteiger charge is 2.16. The van der Waals surface area contributed by atoms with Gasteiger partial charge in [-0.2, -0.15) is 0 Å². The number of nitrogens with zero attached hydrogens (tertiary/aromatic N) is 3. The van der Waals surface area contributed by atoms with Crippen LogP contribution in [0.15, 0.2) is 152 Å². The van der Waals surface area contributed by atoms with E-state index in [0.29, 0.717) is 0 Å². The summed E-state index contributed by atoms with van der Waals surface area (Å²) in [6.07, 6.45) is 2.09. The highest BCUT2D eigenvalue weighted by Crippen LogP contribution is 2.37. The molecule has 3 heteroatoms. The first-order chi connectivity index (χ1) is 22.1. The Labute approximate surface area is 263 Å². The summed E-state index contributed by atoms with van der Waals surface area (Å²) in [6.45, 7) is 4.14. The van der Waals surface area contributed by atoms with Gasteiger partial charge < -0.3 is 0 Å². The summed E-state index contributed by atoms with van der Waals surface area (Å²) in [5, 5.41) is 2.48. The van der Waals surface area contributed by atoms with Crippen molar-refractivity contribution in [3.63, 3.8) is 0 Å². The van der Waals surface area contributed by atoms with Crippen LogP contribution in [0.5, 0.6) is 0 Å². The average molecular weight is 578 g/mol. The standard InChI is InChI=1S/C42H31N3/c1-28-15-22-39(29(2)43-28)38-26-36(25-37(27-38)35-21-18-30-10-6-7-13-34(30)24-35)31-16-19-33(20-17-31)42-41(32-11-4-3-5-12-32)44-40-14-8-9-23-45(40)42/h3-27H,1-2H3. The number of aromatic nitrogens is 3. The minimum Gasteiger partial charge on any atom is -0.299 e. The van der Waals surface area contributed by atoms with Crippen LogP contribution < -0.4 is 0 Å². The molecule has 0 amide bonds. The number of rotatable bonds is 5. The number of fused-ring (bicyclic) bond motifs is 2. The van der Waals surface area contributed by atoms with E-state index in [-0.39, 0.29) is 0 Å². The fraction of sp³-hybridized carbons (Fsp3) is 0.0476. The second-order valence-electron chi connectivity index (χ2n) is 11.6. The summed E-state index contributed by atoms with van der Waals surface area (Å²) in [5.74, 6) is 0. The summed E-state index contributed by atoms with van der Waals surface area (Å²) in [7, 11) is 0. The third-order valence-corrected chi connectivity index (χ3v) is 8.62. The van der Waals surface area contributed by atoms with Crippen LogP contribution in [0.2, 0.25) is 0 Å². The fourth-order valence-electron chi connectivity index (χ4n) is 6.37. The molecule has 214 valence electrons. The maximum absolute atomic E-state index is 5.02. The lowest BCUT2D eigenvalue weighted by atomic mass is 9.91. The molecular weight excluding hydrogens is 546 g/mol. The van der Waals surface area contributed by atoms with Gasteiger partial charge in [0.05, 0.1) is 11.4 Å². The van der Waals surface area contributed by atoms with E-state index < -0.39 is 0 Å². The second-order valence-corrected chi connectivity index (χ2v) is 11.6. The smallest absolute Gasteiger partial charge is 0.137 e.